The van der Waals surface area contributed by atoms with Crippen molar-refractivity contribution < 1.29 is 22.7 Å². The van der Waals surface area contributed by atoms with Gasteiger partial charge in [-0.15, -0.1) is 0 Å². The first-order chi connectivity index (χ1) is 11.4. The van der Waals surface area contributed by atoms with Crippen molar-refractivity contribution in [1.29, 1.82) is 0 Å². The number of nitrogens with one attached hydrogen (secondary N) is 3. The van der Waals surface area contributed by atoms with Gasteiger partial charge in [0.15, 0.2) is 5.11 Å². The van der Waals surface area contributed by atoms with Crippen LogP contribution in [-0.4, -0.2) is 57.3 Å². The first-order valence-electron chi connectivity index (χ1n) is 7.02. The van der Waals surface area contributed by atoms with Crippen molar-refractivity contribution in [3.05, 3.63) is 24.3 Å². The molecular weight excluding hydrogens is 356 g/mol. The Kier molecular flexibility index (Phi) is 6.31. The molecule has 24 heavy (non-hydrogen) atoms. The van der Waals surface area contributed by atoms with Gasteiger partial charge in [-0.2, -0.15) is 4.31 Å². The van der Waals surface area contributed by atoms with Crippen LogP contribution in [0.4, 0.5) is 10.5 Å². The molecule has 0 radical (unpaired) electrons. The molecule has 3 N–H and O–H groups in total. The number of methoxy groups -OCH3 is 1. The predicted molar refractivity (Wildman–Crippen MR) is 90.9 cm³/mol. The third-order valence-corrected chi connectivity index (χ3v) is 5.30. The number of ether oxygens (including phenoxy) is 2. The van der Waals surface area contributed by atoms with Crippen LogP contribution in [0.15, 0.2) is 29.2 Å². The summed E-state index contributed by atoms with van der Waals surface area (Å²) in [5.74, 6) is 0. The van der Waals surface area contributed by atoms with Crippen molar-refractivity contribution in [3.8, 4) is 0 Å². The fourth-order valence-electron chi connectivity index (χ4n) is 1.97. The van der Waals surface area contributed by atoms with Crippen LogP contribution in [0.1, 0.15) is 0 Å². The molecule has 11 heteroatoms. The van der Waals surface area contributed by atoms with Crippen molar-refractivity contribution >= 4 is 39.1 Å². The molecule has 9 nitrogen and oxygen atoms in total. The zero-order chi connectivity index (χ0) is 17.6. The van der Waals surface area contributed by atoms with Gasteiger partial charge in [0.25, 0.3) is 0 Å². The SMILES string of the molecule is COC(=O)NNC(=S)Nc1ccc(S(=O)(=O)N2CCOCC2)cc1. The van der Waals surface area contributed by atoms with E-state index in [0.29, 0.717) is 32.0 Å². The molecule has 1 fully saturated rings. The van der Waals surface area contributed by atoms with E-state index < -0.39 is 16.1 Å². The molecule has 132 valence electrons. The van der Waals surface area contributed by atoms with E-state index in [9.17, 15) is 13.2 Å². The van der Waals surface area contributed by atoms with Gasteiger partial charge in [0.2, 0.25) is 10.0 Å². The van der Waals surface area contributed by atoms with Crippen molar-refractivity contribution in [2.24, 2.45) is 0 Å². The van der Waals surface area contributed by atoms with Gasteiger partial charge in [-0.1, -0.05) is 0 Å². The van der Waals surface area contributed by atoms with Crippen LogP contribution in [0, 0.1) is 0 Å². The maximum atomic E-state index is 12.5. The first kappa shape index (κ1) is 18.4. The summed E-state index contributed by atoms with van der Waals surface area (Å²) < 4.78 is 35.9. The fourth-order valence-corrected chi connectivity index (χ4v) is 3.54. The lowest BCUT2D eigenvalue weighted by atomic mass is 10.3. The summed E-state index contributed by atoms with van der Waals surface area (Å²) in [6.45, 7) is 1.48. The second kappa shape index (κ2) is 8.24. The molecule has 2 rings (SSSR count). The average molecular weight is 374 g/mol. The summed E-state index contributed by atoms with van der Waals surface area (Å²) >= 11 is 4.98. The molecule has 0 aliphatic carbocycles. The number of morpholine rings is 1. The van der Waals surface area contributed by atoms with E-state index >= 15 is 0 Å². The lowest BCUT2D eigenvalue weighted by Crippen LogP contribution is -2.43. The summed E-state index contributed by atoms with van der Waals surface area (Å²) in [6, 6.07) is 6.14. The normalized spacial score (nSPS) is 15.4. The van der Waals surface area contributed by atoms with Crippen LogP contribution < -0.4 is 16.2 Å². The third kappa shape index (κ3) is 4.77. The van der Waals surface area contributed by atoms with Crippen molar-refractivity contribution in [2.75, 3.05) is 38.7 Å². The molecule has 1 heterocycles. The van der Waals surface area contributed by atoms with Gasteiger partial charge >= 0.3 is 6.09 Å². The minimum atomic E-state index is -3.53. The molecule has 0 atom stereocenters. The highest BCUT2D eigenvalue weighted by atomic mass is 32.2. The van der Waals surface area contributed by atoms with Gasteiger partial charge in [-0.05, 0) is 36.5 Å². The van der Waals surface area contributed by atoms with Crippen LogP contribution in [0.2, 0.25) is 0 Å². The van der Waals surface area contributed by atoms with Crippen LogP contribution in [-0.2, 0) is 19.5 Å². The number of benzene rings is 1. The number of carbonyl (C=O) groups is 1. The molecule has 1 aromatic rings. The molecule has 1 saturated heterocycles. The fraction of sp³-hybridized carbons (Fsp3) is 0.385. The third-order valence-electron chi connectivity index (χ3n) is 3.18. The summed E-state index contributed by atoms with van der Waals surface area (Å²) in [4.78, 5) is 11.1. The maximum Gasteiger partial charge on any atom is 0.425 e. The molecule has 1 aromatic carbocycles. The number of carbonyl (C=O) groups excluding carboxylic acids is 1. The predicted octanol–water partition coefficient (Wildman–Crippen LogP) is 0.265. The topological polar surface area (TPSA) is 109 Å². The maximum absolute atomic E-state index is 12.5. The summed E-state index contributed by atoms with van der Waals surface area (Å²) in [6.07, 6.45) is -0.689. The van der Waals surface area contributed by atoms with Gasteiger partial charge in [-0.25, -0.2) is 18.6 Å². The number of hydrazine groups is 1. The number of hydrogen-bond donors (Lipinski definition) is 3. The van der Waals surface area contributed by atoms with Crippen LogP contribution in [0.5, 0.6) is 0 Å². The zero-order valence-corrected chi connectivity index (χ0v) is 14.6. The first-order valence-corrected chi connectivity index (χ1v) is 8.87. The standard InChI is InChI=1S/C13H18N4O5S2/c1-21-13(18)16-15-12(23)14-10-2-4-11(5-3-10)24(19,20)17-6-8-22-9-7-17/h2-5H,6-9H2,1H3,(H,16,18)(H2,14,15,23). The molecule has 0 bridgehead atoms. The van der Waals surface area contributed by atoms with E-state index in [1.807, 2.05) is 0 Å². The van der Waals surface area contributed by atoms with Gasteiger partial charge in [0.1, 0.15) is 0 Å². The largest absolute Gasteiger partial charge is 0.452 e. The smallest absolute Gasteiger partial charge is 0.425 e. The van der Waals surface area contributed by atoms with Crippen LogP contribution in [0.25, 0.3) is 0 Å². The van der Waals surface area contributed by atoms with E-state index in [-0.39, 0.29) is 10.0 Å². The van der Waals surface area contributed by atoms with Crippen molar-refractivity contribution in [3.63, 3.8) is 0 Å². The second-order valence-corrected chi connectivity index (χ2v) is 7.08. The number of rotatable bonds is 3. The lowest BCUT2D eigenvalue weighted by molar-refractivity contribution is 0.0730. The Labute approximate surface area is 145 Å². The molecule has 0 aromatic heterocycles. The van der Waals surface area contributed by atoms with Gasteiger partial charge in [-0.3, -0.25) is 5.43 Å². The minimum absolute atomic E-state index is 0.129. The van der Waals surface area contributed by atoms with E-state index in [1.54, 1.807) is 12.1 Å². The molecule has 0 saturated carbocycles. The highest BCUT2D eigenvalue weighted by Gasteiger charge is 2.26. The highest BCUT2D eigenvalue weighted by molar-refractivity contribution is 7.89. The Morgan fingerprint density at radius 3 is 2.42 bits per heavy atom. The van der Waals surface area contributed by atoms with Gasteiger partial charge in [0.05, 0.1) is 25.2 Å². The number of thiocarbonyl (C=S) groups is 1. The van der Waals surface area contributed by atoms with Crippen LogP contribution >= 0.6 is 12.2 Å². The Balaban J connectivity index is 1.97. The van der Waals surface area contributed by atoms with E-state index in [2.05, 4.69) is 20.9 Å². The second-order valence-electron chi connectivity index (χ2n) is 4.74. The molecule has 1 aliphatic rings. The number of sulfonamides is 1. The van der Waals surface area contributed by atoms with E-state index in [4.69, 9.17) is 17.0 Å². The monoisotopic (exact) mass is 374 g/mol. The average Bonchev–Trinajstić information content (AvgIpc) is 2.61. The molecular formula is C13H18N4O5S2. The highest BCUT2D eigenvalue weighted by Crippen LogP contribution is 2.19. The van der Waals surface area contributed by atoms with Crippen molar-refractivity contribution in [2.45, 2.75) is 4.90 Å². The number of amides is 1. The van der Waals surface area contributed by atoms with E-state index in [0.717, 1.165) is 0 Å². The zero-order valence-electron chi connectivity index (χ0n) is 12.9. The van der Waals surface area contributed by atoms with Gasteiger partial charge < -0.3 is 14.8 Å². The Morgan fingerprint density at radius 2 is 1.83 bits per heavy atom. The Morgan fingerprint density at radius 1 is 1.21 bits per heavy atom. The number of hydrogen-bond acceptors (Lipinski definition) is 6. The Hall–Kier alpha value is -1.95. The Bertz CT molecular complexity index is 687. The summed E-state index contributed by atoms with van der Waals surface area (Å²) in [5, 5.41) is 2.93. The number of nitrogens with zero attached hydrogens (tertiary/aromatic N) is 1. The molecule has 1 amide bonds. The summed E-state index contributed by atoms with van der Waals surface area (Å²) in [7, 11) is -2.31. The van der Waals surface area contributed by atoms with E-state index in [1.165, 1.54) is 23.5 Å². The quantitative estimate of drug-likeness (QED) is 0.511. The molecule has 1 aliphatic heterocycles. The molecule has 0 spiro atoms. The number of anilines is 1. The van der Waals surface area contributed by atoms with Crippen molar-refractivity contribution in [1.82, 2.24) is 15.2 Å². The molecule has 0 unspecified atom stereocenters. The van der Waals surface area contributed by atoms with Gasteiger partial charge in [0, 0.05) is 18.8 Å². The lowest BCUT2D eigenvalue weighted by Gasteiger charge is -2.26. The van der Waals surface area contributed by atoms with Crippen LogP contribution in [0.3, 0.4) is 0 Å². The minimum Gasteiger partial charge on any atom is -0.452 e. The summed E-state index contributed by atoms with van der Waals surface area (Å²) in [5.41, 5.74) is 5.21.